The van der Waals surface area contributed by atoms with Crippen molar-refractivity contribution >= 4 is 6.09 Å². The molecule has 2 aromatic carbocycles. The molecular formula is C20H21NO2. The van der Waals surface area contributed by atoms with Gasteiger partial charge in [-0.2, -0.15) is 0 Å². The van der Waals surface area contributed by atoms with Crippen LogP contribution in [0, 0.1) is 11.8 Å². The van der Waals surface area contributed by atoms with E-state index in [9.17, 15) is 4.79 Å². The van der Waals surface area contributed by atoms with E-state index in [1.165, 1.54) is 5.56 Å². The molecule has 0 aromatic heterocycles. The number of carbonyl (C=O) groups excluding carboxylic acids is 1. The topological polar surface area (TPSA) is 38.3 Å². The number of amides is 1. The molecule has 118 valence electrons. The van der Waals surface area contributed by atoms with E-state index >= 15 is 0 Å². The van der Waals surface area contributed by atoms with E-state index in [1.54, 1.807) is 0 Å². The predicted octanol–water partition coefficient (Wildman–Crippen LogP) is 4.09. The van der Waals surface area contributed by atoms with Crippen molar-refractivity contribution in [3.63, 3.8) is 0 Å². The molecule has 2 aromatic rings. The van der Waals surface area contributed by atoms with Gasteiger partial charge in [-0.1, -0.05) is 68.2 Å². The summed E-state index contributed by atoms with van der Waals surface area (Å²) in [7, 11) is 0. The molecule has 0 bridgehead atoms. The lowest BCUT2D eigenvalue weighted by Crippen LogP contribution is -2.24. The van der Waals surface area contributed by atoms with Crippen molar-refractivity contribution in [1.82, 2.24) is 5.32 Å². The first-order valence-electron chi connectivity index (χ1n) is 7.68. The second-order valence-electron chi connectivity index (χ2n) is 5.49. The summed E-state index contributed by atoms with van der Waals surface area (Å²) < 4.78 is 5.10. The number of nitrogens with one attached hydrogen (secondary N) is 1. The molecule has 0 heterocycles. The molecule has 0 unspecified atom stereocenters. The van der Waals surface area contributed by atoms with Crippen molar-refractivity contribution in [3.05, 3.63) is 71.3 Å². The van der Waals surface area contributed by atoms with E-state index in [4.69, 9.17) is 4.74 Å². The molecule has 3 nitrogen and oxygen atoms in total. The molecule has 0 atom stereocenters. The average molecular weight is 307 g/mol. The van der Waals surface area contributed by atoms with Gasteiger partial charge in [0.05, 0.1) is 6.54 Å². The van der Waals surface area contributed by atoms with Crippen LogP contribution in [0.3, 0.4) is 0 Å². The largest absolute Gasteiger partial charge is 0.445 e. The molecule has 23 heavy (non-hydrogen) atoms. The van der Waals surface area contributed by atoms with Gasteiger partial charge in [-0.15, -0.1) is 0 Å². The number of rotatable bonds is 4. The lowest BCUT2D eigenvalue weighted by molar-refractivity contribution is 0.141. The Hall–Kier alpha value is -2.73. The van der Waals surface area contributed by atoms with Crippen molar-refractivity contribution in [1.29, 1.82) is 0 Å². The third kappa shape index (κ3) is 5.88. The van der Waals surface area contributed by atoms with Crippen molar-refractivity contribution < 1.29 is 9.53 Å². The minimum Gasteiger partial charge on any atom is -0.445 e. The first-order valence-corrected chi connectivity index (χ1v) is 7.68. The lowest BCUT2D eigenvalue weighted by atomic mass is 10.0. The van der Waals surface area contributed by atoms with Crippen LogP contribution in [0.4, 0.5) is 4.79 Å². The second-order valence-corrected chi connectivity index (χ2v) is 5.49. The maximum Gasteiger partial charge on any atom is 0.408 e. The Labute approximate surface area is 137 Å². The summed E-state index contributed by atoms with van der Waals surface area (Å²) in [6, 6.07) is 17.7. The van der Waals surface area contributed by atoms with Gasteiger partial charge < -0.3 is 10.1 Å². The van der Waals surface area contributed by atoms with Gasteiger partial charge in [0.15, 0.2) is 0 Å². The van der Waals surface area contributed by atoms with E-state index in [2.05, 4.69) is 43.1 Å². The monoisotopic (exact) mass is 307 g/mol. The zero-order chi connectivity index (χ0) is 16.5. The summed E-state index contributed by atoms with van der Waals surface area (Å²) in [5.41, 5.74) is 3.19. The molecule has 0 saturated carbocycles. The summed E-state index contributed by atoms with van der Waals surface area (Å²) in [5.74, 6) is 6.45. The summed E-state index contributed by atoms with van der Waals surface area (Å²) >= 11 is 0. The van der Waals surface area contributed by atoms with Gasteiger partial charge in [0, 0.05) is 5.56 Å². The predicted molar refractivity (Wildman–Crippen MR) is 92.0 cm³/mol. The number of hydrogen-bond acceptors (Lipinski definition) is 2. The number of ether oxygens (including phenoxy) is 1. The summed E-state index contributed by atoms with van der Waals surface area (Å²) in [5, 5.41) is 2.62. The van der Waals surface area contributed by atoms with Crippen LogP contribution in [0.5, 0.6) is 0 Å². The quantitative estimate of drug-likeness (QED) is 0.864. The zero-order valence-corrected chi connectivity index (χ0v) is 13.5. The molecule has 0 aliphatic rings. The maximum atomic E-state index is 11.5. The van der Waals surface area contributed by atoms with Crippen LogP contribution in [0.2, 0.25) is 0 Å². The minimum atomic E-state index is -0.460. The van der Waals surface area contributed by atoms with Gasteiger partial charge in [0.2, 0.25) is 0 Å². The Morgan fingerprint density at radius 3 is 2.43 bits per heavy atom. The smallest absolute Gasteiger partial charge is 0.408 e. The molecule has 0 fully saturated rings. The minimum absolute atomic E-state index is 0.261. The van der Waals surface area contributed by atoms with Crippen LogP contribution < -0.4 is 5.32 Å². The first-order chi connectivity index (χ1) is 11.1. The number of hydrogen-bond donors (Lipinski definition) is 1. The van der Waals surface area contributed by atoms with Crippen LogP contribution in [0.25, 0.3) is 0 Å². The molecular weight excluding hydrogens is 286 g/mol. The van der Waals surface area contributed by atoms with E-state index in [-0.39, 0.29) is 13.2 Å². The van der Waals surface area contributed by atoms with E-state index in [0.717, 1.165) is 11.1 Å². The number of carbonyl (C=O) groups is 1. The van der Waals surface area contributed by atoms with Gasteiger partial charge in [-0.3, -0.25) is 0 Å². The van der Waals surface area contributed by atoms with Crippen LogP contribution in [0.15, 0.2) is 54.6 Å². The fourth-order valence-corrected chi connectivity index (χ4v) is 1.99. The maximum absolute atomic E-state index is 11.5. The Morgan fingerprint density at radius 2 is 1.78 bits per heavy atom. The number of benzene rings is 2. The van der Waals surface area contributed by atoms with E-state index in [0.29, 0.717) is 5.92 Å². The van der Waals surface area contributed by atoms with Crippen LogP contribution in [-0.2, 0) is 11.3 Å². The molecule has 0 aliphatic carbocycles. The molecule has 2 rings (SSSR count). The standard InChI is InChI=1S/C20H21NO2/c1-16(2)19-12-10-17(11-13-19)9-6-14-21-20(22)23-15-18-7-4-3-5-8-18/h3-5,7-8,10-13,16H,14-15H2,1-2H3,(H,21,22). The highest BCUT2D eigenvalue weighted by Crippen LogP contribution is 2.14. The molecule has 1 amide bonds. The summed E-state index contributed by atoms with van der Waals surface area (Å²) in [6.07, 6.45) is -0.460. The molecule has 0 aliphatic heterocycles. The van der Waals surface area contributed by atoms with Crippen molar-refractivity contribution in [2.45, 2.75) is 26.4 Å². The van der Waals surface area contributed by atoms with Gasteiger partial charge in [-0.25, -0.2) is 4.79 Å². The highest BCUT2D eigenvalue weighted by Gasteiger charge is 2.00. The van der Waals surface area contributed by atoms with E-state index < -0.39 is 6.09 Å². The van der Waals surface area contributed by atoms with Crippen molar-refractivity contribution in [3.8, 4) is 11.8 Å². The fraction of sp³-hybridized carbons (Fsp3) is 0.250. The summed E-state index contributed by atoms with van der Waals surface area (Å²) in [4.78, 5) is 11.5. The fourth-order valence-electron chi connectivity index (χ4n) is 1.99. The van der Waals surface area contributed by atoms with Crippen LogP contribution >= 0.6 is 0 Å². The van der Waals surface area contributed by atoms with Crippen LogP contribution in [0.1, 0.15) is 36.5 Å². The molecule has 0 saturated heterocycles. The normalized spacial score (nSPS) is 9.87. The van der Waals surface area contributed by atoms with Gasteiger partial charge in [-0.05, 0) is 29.2 Å². The Bertz CT molecular complexity index is 679. The average Bonchev–Trinajstić information content (AvgIpc) is 2.58. The highest BCUT2D eigenvalue weighted by atomic mass is 16.5. The molecule has 1 N–H and O–H groups in total. The Morgan fingerprint density at radius 1 is 1.09 bits per heavy atom. The SMILES string of the molecule is CC(C)c1ccc(C#CCNC(=O)OCc2ccccc2)cc1. The molecule has 0 spiro atoms. The third-order valence-corrected chi connectivity index (χ3v) is 3.34. The van der Waals surface area contributed by atoms with Gasteiger partial charge >= 0.3 is 6.09 Å². The Balaban J connectivity index is 1.73. The van der Waals surface area contributed by atoms with Gasteiger partial charge in [0.25, 0.3) is 0 Å². The van der Waals surface area contributed by atoms with Crippen molar-refractivity contribution in [2.24, 2.45) is 0 Å². The zero-order valence-electron chi connectivity index (χ0n) is 13.5. The second kappa shape index (κ2) is 8.65. The van der Waals surface area contributed by atoms with Gasteiger partial charge in [0.1, 0.15) is 6.61 Å². The Kier molecular flexibility index (Phi) is 6.26. The molecule has 0 radical (unpaired) electrons. The first kappa shape index (κ1) is 16.6. The highest BCUT2D eigenvalue weighted by molar-refractivity contribution is 5.67. The number of alkyl carbamates (subject to hydrolysis) is 1. The third-order valence-electron chi connectivity index (χ3n) is 3.34. The summed E-state index contributed by atoms with van der Waals surface area (Å²) in [6.45, 7) is 4.84. The lowest BCUT2D eigenvalue weighted by Gasteiger charge is -2.04. The van der Waals surface area contributed by atoms with E-state index in [1.807, 2.05) is 42.5 Å². The van der Waals surface area contributed by atoms with Crippen molar-refractivity contribution in [2.75, 3.05) is 6.54 Å². The van der Waals surface area contributed by atoms with Crippen LogP contribution in [-0.4, -0.2) is 12.6 Å². The molecule has 3 heteroatoms.